The van der Waals surface area contributed by atoms with E-state index in [4.69, 9.17) is 4.74 Å². The van der Waals surface area contributed by atoms with Gasteiger partial charge in [-0.1, -0.05) is 6.92 Å². The molecule has 0 radical (unpaired) electrons. The highest BCUT2D eigenvalue weighted by Gasteiger charge is 1.97. The average Bonchev–Trinajstić information content (AvgIpc) is 2.65. The second-order valence-corrected chi connectivity index (χ2v) is 4.50. The van der Waals surface area contributed by atoms with E-state index in [9.17, 15) is 0 Å². The van der Waals surface area contributed by atoms with Crippen LogP contribution in [0.2, 0.25) is 0 Å². The van der Waals surface area contributed by atoms with Crippen LogP contribution in [0.5, 0.6) is 0 Å². The molecule has 0 spiro atoms. The molecular formula is C11H19NOS. The number of rotatable bonds is 7. The zero-order valence-electron chi connectivity index (χ0n) is 9.01. The predicted molar refractivity (Wildman–Crippen MR) is 61.9 cm³/mol. The zero-order chi connectivity index (χ0) is 10.2. The summed E-state index contributed by atoms with van der Waals surface area (Å²) in [4.78, 5) is 2.90. The van der Waals surface area contributed by atoms with E-state index >= 15 is 0 Å². The van der Waals surface area contributed by atoms with Gasteiger partial charge >= 0.3 is 0 Å². The molecule has 0 unspecified atom stereocenters. The minimum atomic E-state index is 0.845. The summed E-state index contributed by atoms with van der Waals surface area (Å²) in [5.74, 6) is 0. The summed E-state index contributed by atoms with van der Waals surface area (Å²) in [6.07, 6.45) is 2.23. The summed E-state index contributed by atoms with van der Waals surface area (Å²) < 4.78 is 4.98. The Morgan fingerprint density at radius 1 is 1.36 bits per heavy atom. The van der Waals surface area contributed by atoms with Crippen molar-refractivity contribution in [1.82, 2.24) is 5.32 Å². The van der Waals surface area contributed by atoms with Gasteiger partial charge in [0.05, 0.1) is 0 Å². The molecule has 0 saturated heterocycles. The van der Waals surface area contributed by atoms with Crippen LogP contribution in [0.3, 0.4) is 0 Å². The van der Waals surface area contributed by atoms with Gasteiger partial charge in [-0.15, -0.1) is 11.3 Å². The minimum Gasteiger partial charge on any atom is -0.385 e. The molecule has 0 aliphatic rings. The summed E-state index contributed by atoms with van der Waals surface area (Å²) >= 11 is 1.90. The number of ether oxygens (including phenoxy) is 1. The third kappa shape index (κ3) is 4.22. The van der Waals surface area contributed by atoms with Crippen molar-refractivity contribution in [2.24, 2.45) is 0 Å². The molecule has 2 nitrogen and oxygen atoms in total. The Bertz CT molecular complexity index is 247. The van der Waals surface area contributed by atoms with E-state index in [0.717, 1.165) is 32.5 Å². The highest BCUT2D eigenvalue weighted by Crippen LogP contribution is 2.16. The molecule has 80 valence electrons. The third-order valence-corrected chi connectivity index (χ3v) is 3.30. The number of hydrogen-bond acceptors (Lipinski definition) is 3. The molecule has 1 rings (SSSR count). The van der Waals surface area contributed by atoms with Gasteiger partial charge in [0.15, 0.2) is 0 Å². The van der Waals surface area contributed by atoms with Crippen LogP contribution in [-0.4, -0.2) is 20.3 Å². The topological polar surface area (TPSA) is 21.3 Å². The maximum Gasteiger partial charge on any atom is 0.0474 e. The lowest BCUT2D eigenvalue weighted by molar-refractivity contribution is 0.194. The molecule has 0 bridgehead atoms. The molecule has 3 heteroatoms. The average molecular weight is 213 g/mol. The molecule has 0 aromatic carbocycles. The quantitative estimate of drug-likeness (QED) is 0.702. The Kier molecular flexibility index (Phi) is 5.83. The highest BCUT2D eigenvalue weighted by atomic mass is 32.1. The van der Waals surface area contributed by atoms with Gasteiger partial charge in [0.2, 0.25) is 0 Å². The molecule has 14 heavy (non-hydrogen) atoms. The molecule has 1 heterocycles. The van der Waals surface area contributed by atoms with E-state index in [1.165, 1.54) is 9.75 Å². The normalized spacial score (nSPS) is 10.7. The zero-order valence-corrected chi connectivity index (χ0v) is 9.82. The van der Waals surface area contributed by atoms with E-state index in [-0.39, 0.29) is 0 Å². The van der Waals surface area contributed by atoms with E-state index < -0.39 is 0 Å². The molecule has 0 amide bonds. The predicted octanol–water partition coefficient (Wildman–Crippen LogP) is 2.44. The Hall–Kier alpha value is -0.380. The lowest BCUT2D eigenvalue weighted by Gasteiger charge is -2.01. The van der Waals surface area contributed by atoms with Gasteiger partial charge in [0, 0.05) is 30.0 Å². The van der Waals surface area contributed by atoms with Crippen molar-refractivity contribution in [2.45, 2.75) is 26.3 Å². The number of thiophene rings is 1. The Balaban J connectivity index is 2.12. The Labute approximate surface area is 90.3 Å². The van der Waals surface area contributed by atoms with Crippen molar-refractivity contribution >= 4 is 11.3 Å². The second-order valence-electron chi connectivity index (χ2n) is 3.24. The monoisotopic (exact) mass is 213 g/mol. The third-order valence-electron chi connectivity index (χ3n) is 2.07. The van der Waals surface area contributed by atoms with Gasteiger partial charge in [-0.2, -0.15) is 0 Å². The van der Waals surface area contributed by atoms with Crippen LogP contribution >= 0.6 is 11.3 Å². The molecular weight excluding hydrogens is 194 g/mol. The first-order valence-electron chi connectivity index (χ1n) is 5.14. The molecule has 1 N–H and O–H groups in total. The Morgan fingerprint density at radius 3 is 2.79 bits per heavy atom. The van der Waals surface area contributed by atoms with Crippen molar-refractivity contribution in [1.29, 1.82) is 0 Å². The Morgan fingerprint density at radius 2 is 2.14 bits per heavy atom. The van der Waals surface area contributed by atoms with Crippen molar-refractivity contribution in [2.75, 3.05) is 20.3 Å². The van der Waals surface area contributed by atoms with Crippen molar-refractivity contribution in [3.8, 4) is 0 Å². The first-order valence-corrected chi connectivity index (χ1v) is 5.95. The molecule has 0 aliphatic carbocycles. The number of methoxy groups -OCH3 is 1. The van der Waals surface area contributed by atoms with Gasteiger partial charge < -0.3 is 10.1 Å². The molecule has 1 aromatic rings. The van der Waals surface area contributed by atoms with Gasteiger partial charge in [-0.3, -0.25) is 0 Å². The number of hydrogen-bond donors (Lipinski definition) is 1. The van der Waals surface area contributed by atoms with Crippen LogP contribution in [0.4, 0.5) is 0 Å². The van der Waals surface area contributed by atoms with Crippen molar-refractivity contribution in [3.05, 3.63) is 21.9 Å². The lowest BCUT2D eigenvalue weighted by atomic mass is 10.3. The van der Waals surface area contributed by atoms with Gasteiger partial charge in [0.1, 0.15) is 0 Å². The van der Waals surface area contributed by atoms with Crippen molar-refractivity contribution < 1.29 is 4.74 Å². The number of aryl methyl sites for hydroxylation is 1. The SMILES string of the molecule is CCc1ccc(CNCCCOC)s1. The molecule has 0 atom stereocenters. The van der Waals surface area contributed by atoms with Crippen LogP contribution in [-0.2, 0) is 17.7 Å². The van der Waals surface area contributed by atoms with E-state index in [0.29, 0.717) is 0 Å². The summed E-state index contributed by atoms with van der Waals surface area (Å²) in [6, 6.07) is 4.43. The minimum absolute atomic E-state index is 0.845. The maximum atomic E-state index is 4.98. The lowest BCUT2D eigenvalue weighted by Crippen LogP contribution is -2.15. The molecule has 0 aliphatic heterocycles. The summed E-state index contributed by atoms with van der Waals surface area (Å²) in [6.45, 7) is 5.07. The largest absolute Gasteiger partial charge is 0.385 e. The first-order chi connectivity index (χ1) is 6.86. The van der Waals surface area contributed by atoms with Crippen LogP contribution < -0.4 is 5.32 Å². The fourth-order valence-electron chi connectivity index (χ4n) is 1.26. The van der Waals surface area contributed by atoms with E-state index in [2.05, 4.69) is 24.4 Å². The number of nitrogens with one attached hydrogen (secondary N) is 1. The van der Waals surface area contributed by atoms with E-state index in [1.807, 2.05) is 11.3 Å². The fraction of sp³-hybridized carbons (Fsp3) is 0.636. The van der Waals surface area contributed by atoms with Crippen LogP contribution in [0, 0.1) is 0 Å². The highest BCUT2D eigenvalue weighted by molar-refractivity contribution is 7.11. The molecule has 0 fully saturated rings. The molecule has 0 saturated carbocycles. The van der Waals surface area contributed by atoms with Gasteiger partial charge in [-0.25, -0.2) is 0 Å². The standard InChI is InChI=1S/C11H19NOS/c1-3-10-5-6-11(14-10)9-12-7-4-8-13-2/h5-6,12H,3-4,7-9H2,1-2H3. The smallest absolute Gasteiger partial charge is 0.0474 e. The fourth-order valence-corrected chi connectivity index (χ4v) is 2.19. The first kappa shape index (κ1) is 11.7. The van der Waals surface area contributed by atoms with E-state index in [1.54, 1.807) is 7.11 Å². The van der Waals surface area contributed by atoms with Crippen LogP contribution in [0.25, 0.3) is 0 Å². The van der Waals surface area contributed by atoms with Crippen LogP contribution in [0.15, 0.2) is 12.1 Å². The van der Waals surface area contributed by atoms with Gasteiger partial charge in [0.25, 0.3) is 0 Å². The maximum absolute atomic E-state index is 4.98. The summed E-state index contributed by atoms with van der Waals surface area (Å²) in [7, 11) is 1.74. The second kappa shape index (κ2) is 6.98. The summed E-state index contributed by atoms with van der Waals surface area (Å²) in [5, 5.41) is 3.40. The summed E-state index contributed by atoms with van der Waals surface area (Å²) in [5.41, 5.74) is 0. The van der Waals surface area contributed by atoms with Gasteiger partial charge in [-0.05, 0) is 31.5 Å². The van der Waals surface area contributed by atoms with Crippen molar-refractivity contribution in [3.63, 3.8) is 0 Å². The van der Waals surface area contributed by atoms with Crippen LogP contribution in [0.1, 0.15) is 23.1 Å². The molecule has 1 aromatic heterocycles.